The summed E-state index contributed by atoms with van der Waals surface area (Å²) in [7, 11) is 0. The molecule has 0 aliphatic carbocycles. The second-order valence-electron chi connectivity index (χ2n) is 4.46. The van der Waals surface area contributed by atoms with Gasteiger partial charge in [0.1, 0.15) is 12.4 Å². The fourth-order valence-electron chi connectivity index (χ4n) is 2.03. The van der Waals surface area contributed by atoms with Crippen molar-refractivity contribution in [1.29, 1.82) is 0 Å². The largest absolute Gasteiger partial charge is 0.489 e. The number of ether oxygens (including phenoxy) is 1. The second kappa shape index (κ2) is 5.39. The lowest BCUT2D eigenvalue weighted by atomic mass is 10.2. The second-order valence-corrected chi connectivity index (χ2v) is 4.87. The van der Waals surface area contributed by atoms with Crippen LogP contribution in [0.4, 0.5) is 0 Å². The summed E-state index contributed by atoms with van der Waals surface area (Å²) in [6, 6.07) is 16.7. The molecule has 0 saturated carbocycles. The summed E-state index contributed by atoms with van der Waals surface area (Å²) in [5.74, 6) is 0.694. The first-order valence-corrected chi connectivity index (χ1v) is 6.59. The maximum absolute atomic E-state index is 11.4. The van der Waals surface area contributed by atoms with E-state index in [1.54, 1.807) is 6.07 Å². The van der Waals surface area contributed by atoms with Crippen LogP contribution in [0.1, 0.15) is 5.56 Å². The highest BCUT2D eigenvalue weighted by atomic mass is 35.5. The first-order valence-electron chi connectivity index (χ1n) is 6.22. The quantitative estimate of drug-likeness (QED) is 0.796. The zero-order valence-corrected chi connectivity index (χ0v) is 11.4. The smallest absolute Gasteiger partial charge is 0.249 e. The Morgan fingerprint density at radius 3 is 2.65 bits per heavy atom. The van der Waals surface area contributed by atoms with E-state index in [1.807, 2.05) is 42.5 Å². The predicted molar refractivity (Wildman–Crippen MR) is 80.4 cm³/mol. The minimum atomic E-state index is -0.220. The standard InChI is InChI=1S/C16H12ClNO2/c17-14-9-16(19)18-15-8-12(6-7-13(14)15)20-10-11-4-2-1-3-5-11/h1-9H,10H2,(H,18,19). The van der Waals surface area contributed by atoms with Crippen LogP contribution in [-0.2, 0) is 6.61 Å². The third kappa shape index (κ3) is 2.68. The third-order valence-electron chi connectivity index (χ3n) is 3.01. The van der Waals surface area contributed by atoms with Gasteiger partial charge in [0, 0.05) is 17.5 Å². The number of aromatic nitrogens is 1. The molecule has 0 atom stereocenters. The van der Waals surface area contributed by atoms with Gasteiger partial charge >= 0.3 is 0 Å². The highest BCUT2D eigenvalue weighted by molar-refractivity contribution is 6.35. The number of rotatable bonds is 3. The summed E-state index contributed by atoms with van der Waals surface area (Å²) in [6.45, 7) is 0.483. The molecular weight excluding hydrogens is 274 g/mol. The topological polar surface area (TPSA) is 42.1 Å². The number of nitrogens with one attached hydrogen (secondary N) is 1. The van der Waals surface area contributed by atoms with Gasteiger partial charge in [0.15, 0.2) is 0 Å². The van der Waals surface area contributed by atoms with Gasteiger partial charge in [-0.15, -0.1) is 0 Å². The number of aromatic amines is 1. The fourth-order valence-corrected chi connectivity index (χ4v) is 2.29. The summed E-state index contributed by atoms with van der Waals surface area (Å²) in [5, 5.41) is 1.25. The number of benzene rings is 2. The molecule has 3 aromatic rings. The van der Waals surface area contributed by atoms with Crippen LogP contribution in [0.5, 0.6) is 5.75 Å². The normalized spacial score (nSPS) is 10.7. The highest BCUT2D eigenvalue weighted by Gasteiger charge is 2.03. The van der Waals surface area contributed by atoms with Crippen LogP contribution in [0, 0.1) is 0 Å². The van der Waals surface area contributed by atoms with Crippen LogP contribution in [0.3, 0.4) is 0 Å². The molecule has 3 nitrogen and oxygen atoms in total. The lowest BCUT2D eigenvalue weighted by Crippen LogP contribution is -2.03. The average Bonchev–Trinajstić information content (AvgIpc) is 2.45. The first-order chi connectivity index (χ1) is 9.72. The van der Waals surface area contributed by atoms with Crippen molar-refractivity contribution in [3.8, 4) is 5.75 Å². The van der Waals surface area contributed by atoms with Crippen LogP contribution < -0.4 is 10.3 Å². The van der Waals surface area contributed by atoms with Gasteiger partial charge in [-0.05, 0) is 17.7 Å². The van der Waals surface area contributed by atoms with Crippen molar-refractivity contribution < 1.29 is 4.74 Å². The van der Waals surface area contributed by atoms with Crippen molar-refractivity contribution >= 4 is 22.5 Å². The van der Waals surface area contributed by atoms with E-state index >= 15 is 0 Å². The highest BCUT2D eigenvalue weighted by Crippen LogP contribution is 2.24. The van der Waals surface area contributed by atoms with Crippen molar-refractivity contribution in [3.63, 3.8) is 0 Å². The molecule has 20 heavy (non-hydrogen) atoms. The minimum Gasteiger partial charge on any atom is -0.489 e. The van der Waals surface area contributed by atoms with E-state index in [-0.39, 0.29) is 5.56 Å². The molecule has 0 amide bonds. The van der Waals surface area contributed by atoms with Crippen molar-refractivity contribution in [1.82, 2.24) is 4.98 Å². The molecule has 1 aromatic heterocycles. The monoisotopic (exact) mass is 285 g/mol. The van der Waals surface area contributed by atoms with Crippen molar-refractivity contribution in [2.45, 2.75) is 6.61 Å². The maximum atomic E-state index is 11.4. The van der Waals surface area contributed by atoms with Crippen molar-refractivity contribution in [2.75, 3.05) is 0 Å². The van der Waals surface area contributed by atoms with Gasteiger partial charge in [-0.1, -0.05) is 41.9 Å². The van der Waals surface area contributed by atoms with Gasteiger partial charge in [0.25, 0.3) is 0 Å². The number of hydrogen-bond acceptors (Lipinski definition) is 2. The third-order valence-corrected chi connectivity index (χ3v) is 3.33. The van der Waals surface area contributed by atoms with Gasteiger partial charge < -0.3 is 9.72 Å². The Kier molecular flexibility index (Phi) is 3.44. The molecular formula is C16H12ClNO2. The lowest BCUT2D eigenvalue weighted by Gasteiger charge is -2.07. The van der Waals surface area contributed by atoms with E-state index in [1.165, 1.54) is 6.07 Å². The summed E-state index contributed by atoms with van der Waals surface area (Å²) in [6.07, 6.45) is 0. The molecule has 1 heterocycles. The minimum absolute atomic E-state index is 0.220. The molecule has 0 bridgehead atoms. The van der Waals surface area contributed by atoms with E-state index in [4.69, 9.17) is 16.3 Å². The molecule has 4 heteroatoms. The summed E-state index contributed by atoms with van der Waals surface area (Å²) in [5.41, 5.74) is 1.54. The average molecular weight is 286 g/mol. The Morgan fingerprint density at radius 1 is 1.05 bits per heavy atom. The number of hydrogen-bond donors (Lipinski definition) is 1. The summed E-state index contributed by atoms with van der Waals surface area (Å²) in [4.78, 5) is 14.2. The Balaban J connectivity index is 1.88. The lowest BCUT2D eigenvalue weighted by molar-refractivity contribution is 0.306. The Hall–Kier alpha value is -2.26. The van der Waals surface area contributed by atoms with Gasteiger partial charge in [0.2, 0.25) is 5.56 Å². The van der Waals surface area contributed by atoms with Crippen LogP contribution in [0.2, 0.25) is 5.02 Å². The molecule has 3 rings (SSSR count). The number of pyridine rings is 1. The molecule has 100 valence electrons. The van der Waals surface area contributed by atoms with Crippen LogP contribution in [0.25, 0.3) is 10.9 Å². The van der Waals surface area contributed by atoms with Crippen molar-refractivity contribution in [3.05, 3.63) is 75.5 Å². The van der Waals surface area contributed by atoms with Gasteiger partial charge in [-0.25, -0.2) is 0 Å². The molecule has 0 aliphatic heterocycles. The molecule has 0 spiro atoms. The van der Waals surface area contributed by atoms with Gasteiger partial charge in [-0.3, -0.25) is 4.79 Å². The van der Waals surface area contributed by atoms with E-state index in [9.17, 15) is 4.79 Å². The van der Waals surface area contributed by atoms with Crippen LogP contribution in [-0.4, -0.2) is 4.98 Å². The molecule has 0 fully saturated rings. The van der Waals surface area contributed by atoms with Crippen LogP contribution >= 0.6 is 11.6 Å². The number of fused-ring (bicyclic) bond motifs is 1. The Labute approximate surface area is 120 Å². The van der Waals surface area contributed by atoms with E-state index in [0.29, 0.717) is 22.9 Å². The van der Waals surface area contributed by atoms with Gasteiger partial charge in [-0.2, -0.15) is 0 Å². The van der Waals surface area contributed by atoms with E-state index < -0.39 is 0 Å². The Bertz CT molecular complexity index is 796. The van der Waals surface area contributed by atoms with E-state index in [2.05, 4.69) is 4.98 Å². The molecule has 1 N–H and O–H groups in total. The summed E-state index contributed by atoms with van der Waals surface area (Å²) < 4.78 is 5.71. The maximum Gasteiger partial charge on any atom is 0.249 e. The molecule has 0 unspecified atom stereocenters. The SMILES string of the molecule is O=c1cc(Cl)c2ccc(OCc3ccccc3)cc2[nH]1. The first kappa shape index (κ1) is 12.8. The molecule has 0 radical (unpaired) electrons. The molecule has 2 aromatic carbocycles. The fraction of sp³-hybridized carbons (Fsp3) is 0.0625. The zero-order chi connectivity index (χ0) is 13.9. The van der Waals surface area contributed by atoms with Crippen molar-refractivity contribution in [2.24, 2.45) is 0 Å². The van der Waals surface area contributed by atoms with E-state index in [0.717, 1.165) is 10.9 Å². The summed E-state index contributed by atoms with van der Waals surface area (Å²) >= 11 is 6.03. The molecule has 0 aliphatic rings. The van der Waals surface area contributed by atoms with Crippen LogP contribution in [0.15, 0.2) is 59.4 Å². The Morgan fingerprint density at radius 2 is 1.85 bits per heavy atom. The molecule has 0 saturated heterocycles. The number of H-pyrrole nitrogens is 1. The zero-order valence-electron chi connectivity index (χ0n) is 10.6. The number of halogens is 1. The predicted octanol–water partition coefficient (Wildman–Crippen LogP) is 3.76. The van der Waals surface area contributed by atoms with Gasteiger partial charge in [0.05, 0.1) is 10.5 Å².